The summed E-state index contributed by atoms with van der Waals surface area (Å²) in [6.45, 7) is 0. The Balaban J connectivity index is 1.18. The number of hydrogen-bond acceptors (Lipinski definition) is 4. The van der Waals surface area contributed by atoms with Crippen molar-refractivity contribution in [2.24, 2.45) is 0 Å². The number of benzene rings is 8. The van der Waals surface area contributed by atoms with Gasteiger partial charge in [0.2, 0.25) is 0 Å². The van der Waals surface area contributed by atoms with E-state index in [1.807, 2.05) is 48.5 Å². The summed E-state index contributed by atoms with van der Waals surface area (Å²) in [7, 11) is 0. The normalized spacial score (nSPS) is 11.6. The third-order valence-electron chi connectivity index (χ3n) is 10.6. The lowest BCUT2D eigenvalue weighted by Gasteiger charge is -2.13. The number of furan rings is 1. The Labute approximate surface area is 322 Å². The lowest BCUT2D eigenvalue weighted by atomic mass is 9.96. The Morgan fingerprint density at radius 3 is 1.55 bits per heavy atom. The van der Waals surface area contributed by atoms with Crippen molar-refractivity contribution < 1.29 is 4.42 Å². The molecule has 0 spiro atoms. The van der Waals surface area contributed by atoms with Gasteiger partial charge in [-0.05, 0) is 52.6 Å². The monoisotopic (exact) mass is 716 g/mol. The van der Waals surface area contributed by atoms with E-state index in [0.29, 0.717) is 17.5 Å². The summed E-state index contributed by atoms with van der Waals surface area (Å²) in [5.41, 5.74) is 12.0. The number of hydrogen-bond donors (Lipinski definition) is 0. The van der Waals surface area contributed by atoms with Crippen LogP contribution < -0.4 is 0 Å². The molecule has 0 atom stereocenters. The Morgan fingerprint density at radius 2 is 0.857 bits per heavy atom. The molecular weight excluding hydrogens is 685 g/mol. The second kappa shape index (κ2) is 13.0. The van der Waals surface area contributed by atoms with Crippen molar-refractivity contribution in [2.45, 2.75) is 0 Å². The van der Waals surface area contributed by atoms with Crippen LogP contribution in [0.1, 0.15) is 0 Å². The fraction of sp³-hybridized carbons (Fsp3) is 0. The van der Waals surface area contributed by atoms with Crippen LogP contribution in [-0.2, 0) is 0 Å². The van der Waals surface area contributed by atoms with Crippen LogP contribution in [0, 0.1) is 0 Å². The van der Waals surface area contributed by atoms with Gasteiger partial charge in [-0.25, -0.2) is 15.0 Å². The highest BCUT2D eigenvalue weighted by molar-refractivity contribution is 6.18. The molecule has 5 heteroatoms. The molecule has 11 aromatic rings. The first-order valence-corrected chi connectivity index (χ1v) is 18.8. The third-order valence-corrected chi connectivity index (χ3v) is 10.6. The SMILES string of the molecule is c1ccc(-c2cccc(-c3nc(-c4ccccc4)nc(-c4cccc5oc6cc(-n7c8ccccc8c8ccccc87)cc(-c7ccccc7)c6c45)n3)c2)cc1. The molecule has 0 bridgehead atoms. The summed E-state index contributed by atoms with van der Waals surface area (Å²) in [6.07, 6.45) is 0. The molecule has 3 aromatic heterocycles. The minimum absolute atomic E-state index is 0.581. The van der Waals surface area contributed by atoms with Crippen molar-refractivity contribution in [1.82, 2.24) is 19.5 Å². The molecule has 0 aliphatic rings. The molecule has 0 fully saturated rings. The highest BCUT2D eigenvalue weighted by Crippen LogP contribution is 2.44. The summed E-state index contributed by atoms with van der Waals surface area (Å²) in [4.78, 5) is 15.5. The van der Waals surface area contributed by atoms with Gasteiger partial charge in [-0.1, -0.05) is 158 Å². The van der Waals surface area contributed by atoms with Gasteiger partial charge in [0.25, 0.3) is 0 Å². The molecule has 0 N–H and O–H groups in total. The summed E-state index contributed by atoms with van der Waals surface area (Å²) in [5, 5.41) is 4.40. The first-order chi connectivity index (χ1) is 27.8. The average molecular weight is 717 g/mol. The van der Waals surface area contributed by atoms with Crippen molar-refractivity contribution in [3.8, 4) is 62.1 Å². The molecule has 11 rings (SSSR count). The van der Waals surface area contributed by atoms with E-state index in [1.165, 1.54) is 10.8 Å². The lowest BCUT2D eigenvalue weighted by molar-refractivity contribution is 0.669. The Bertz CT molecular complexity index is 3190. The fourth-order valence-electron chi connectivity index (χ4n) is 8.10. The zero-order chi connectivity index (χ0) is 37.0. The van der Waals surface area contributed by atoms with E-state index < -0.39 is 0 Å². The number of rotatable bonds is 6. The van der Waals surface area contributed by atoms with Gasteiger partial charge in [-0.3, -0.25) is 0 Å². The number of nitrogens with zero attached hydrogens (tertiary/aromatic N) is 4. The number of aromatic nitrogens is 4. The van der Waals surface area contributed by atoms with Crippen molar-refractivity contribution >= 4 is 43.7 Å². The largest absolute Gasteiger partial charge is 0.456 e. The van der Waals surface area contributed by atoms with Gasteiger partial charge in [0.15, 0.2) is 17.5 Å². The minimum Gasteiger partial charge on any atom is -0.456 e. The summed E-state index contributed by atoms with van der Waals surface area (Å²) in [6, 6.07) is 67.3. The molecule has 0 unspecified atom stereocenters. The molecule has 0 aliphatic heterocycles. The van der Waals surface area contributed by atoms with Crippen LogP contribution in [0.4, 0.5) is 0 Å². The standard InChI is InChI=1S/C51H32N4O/c1-4-16-33(17-5-1)36-22-14-23-37(30-36)50-52-49(35-20-8-3-9-21-35)53-51(54-50)41-26-15-29-45-47(41)48-42(34-18-6-2-7-19-34)31-38(32-46(48)56-45)55-43-27-12-10-24-39(43)40-25-11-13-28-44(40)55/h1-32H. The molecule has 56 heavy (non-hydrogen) atoms. The molecule has 3 heterocycles. The smallest absolute Gasteiger partial charge is 0.164 e. The van der Waals surface area contributed by atoms with Crippen molar-refractivity contribution in [3.63, 3.8) is 0 Å². The first-order valence-electron chi connectivity index (χ1n) is 18.8. The van der Waals surface area contributed by atoms with E-state index in [9.17, 15) is 0 Å². The molecule has 0 aliphatic carbocycles. The van der Waals surface area contributed by atoms with Crippen LogP contribution >= 0.6 is 0 Å². The third kappa shape index (κ3) is 5.29. The number of para-hydroxylation sites is 2. The molecule has 262 valence electrons. The molecule has 0 radical (unpaired) electrons. The number of fused-ring (bicyclic) bond motifs is 6. The molecule has 0 saturated heterocycles. The van der Waals surface area contributed by atoms with E-state index in [4.69, 9.17) is 19.4 Å². The second-order valence-corrected chi connectivity index (χ2v) is 14.0. The zero-order valence-electron chi connectivity index (χ0n) is 30.2. The maximum Gasteiger partial charge on any atom is 0.164 e. The van der Waals surface area contributed by atoms with Crippen molar-refractivity contribution in [1.29, 1.82) is 0 Å². The quantitative estimate of drug-likeness (QED) is 0.172. The van der Waals surface area contributed by atoms with E-state index in [1.54, 1.807) is 0 Å². The van der Waals surface area contributed by atoms with Crippen LogP contribution in [0.2, 0.25) is 0 Å². The Morgan fingerprint density at radius 1 is 0.339 bits per heavy atom. The summed E-state index contributed by atoms with van der Waals surface area (Å²) in [5.74, 6) is 1.79. The van der Waals surface area contributed by atoms with Gasteiger partial charge in [0.05, 0.1) is 16.7 Å². The highest BCUT2D eigenvalue weighted by atomic mass is 16.3. The van der Waals surface area contributed by atoms with Gasteiger partial charge in [0.1, 0.15) is 11.2 Å². The Kier molecular flexibility index (Phi) is 7.42. The molecule has 0 saturated carbocycles. The zero-order valence-corrected chi connectivity index (χ0v) is 30.2. The maximum absolute atomic E-state index is 6.85. The molecule has 0 amide bonds. The van der Waals surface area contributed by atoms with Gasteiger partial charge < -0.3 is 8.98 Å². The van der Waals surface area contributed by atoms with Gasteiger partial charge in [-0.15, -0.1) is 0 Å². The predicted octanol–water partition coefficient (Wildman–Crippen LogP) is 13.2. The van der Waals surface area contributed by atoms with Gasteiger partial charge >= 0.3 is 0 Å². The van der Waals surface area contributed by atoms with E-state index >= 15 is 0 Å². The first kappa shape index (κ1) is 31.9. The van der Waals surface area contributed by atoms with Gasteiger partial charge in [0, 0.05) is 44.3 Å². The van der Waals surface area contributed by atoms with Crippen LogP contribution in [0.25, 0.3) is 106 Å². The lowest BCUT2D eigenvalue weighted by Crippen LogP contribution is -2.00. The van der Waals surface area contributed by atoms with E-state index in [0.717, 1.165) is 77.6 Å². The van der Waals surface area contributed by atoms with Gasteiger partial charge in [-0.2, -0.15) is 0 Å². The van der Waals surface area contributed by atoms with Crippen LogP contribution in [0.5, 0.6) is 0 Å². The van der Waals surface area contributed by atoms with Crippen LogP contribution in [0.15, 0.2) is 199 Å². The van der Waals surface area contributed by atoms with E-state index in [-0.39, 0.29) is 0 Å². The van der Waals surface area contributed by atoms with Crippen LogP contribution in [0.3, 0.4) is 0 Å². The Hall–Kier alpha value is -7.63. The highest BCUT2D eigenvalue weighted by Gasteiger charge is 2.22. The molecular formula is C51H32N4O. The van der Waals surface area contributed by atoms with Crippen molar-refractivity contribution in [3.05, 3.63) is 194 Å². The molecule has 8 aromatic carbocycles. The topological polar surface area (TPSA) is 56.7 Å². The van der Waals surface area contributed by atoms with Crippen molar-refractivity contribution in [2.75, 3.05) is 0 Å². The summed E-state index contributed by atoms with van der Waals surface area (Å²) >= 11 is 0. The molecule has 5 nitrogen and oxygen atoms in total. The average Bonchev–Trinajstić information content (AvgIpc) is 3.83. The van der Waals surface area contributed by atoms with Crippen LogP contribution in [-0.4, -0.2) is 19.5 Å². The van der Waals surface area contributed by atoms with E-state index in [2.05, 4.69) is 150 Å². The fourth-order valence-corrected chi connectivity index (χ4v) is 8.10. The second-order valence-electron chi connectivity index (χ2n) is 14.0. The maximum atomic E-state index is 6.85. The predicted molar refractivity (Wildman–Crippen MR) is 229 cm³/mol. The minimum atomic E-state index is 0.581. The summed E-state index contributed by atoms with van der Waals surface area (Å²) < 4.78 is 9.20.